The van der Waals surface area contributed by atoms with Crippen molar-refractivity contribution in [2.75, 3.05) is 38.3 Å². The summed E-state index contributed by atoms with van der Waals surface area (Å²) in [5.74, 6) is 0.984. The Morgan fingerprint density at radius 3 is 3.15 bits per heavy atom. The summed E-state index contributed by atoms with van der Waals surface area (Å²) in [6.07, 6.45) is 3.68. The lowest BCUT2D eigenvalue weighted by Gasteiger charge is -2.38. The van der Waals surface area contributed by atoms with Gasteiger partial charge in [-0.05, 0) is 25.8 Å². The van der Waals surface area contributed by atoms with Crippen molar-refractivity contribution in [1.82, 2.24) is 10.3 Å². The van der Waals surface area contributed by atoms with E-state index in [1.165, 1.54) is 5.56 Å². The number of rotatable bonds is 6. The molecule has 112 valence electrons. The normalized spacial score (nSPS) is 23.1. The molecule has 1 aromatic heterocycles. The predicted octanol–water partition coefficient (Wildman–Crippen LogP) is 1.17. The van der Waals surface area contributed by atoms with Crippen LogP contribution in [0, 0.1) is 0 Å². The molecule has 2 N–H and O–H groups in total. The Bertz CT molecular complexity index is 423. The highest BCUT2D eigenvalue weighted by molar-refractivity contribution is 5.47. The molecule has 1 aliphatic rings. The molecule has 0 aromatic carbocycles. The highest BCUT2D eigenvalue weighted by atomic mass is 16.5. The van der Waals surface area contributed by atoms with Crippen LogP contribution >= 0.6 is 0 Å². The molecule has 1 unspecified atom stereocenters. The first-order valence-electron chi connectivity index (χ1n) is 7.23. The van der Waals surface area contributed by atoms with Crippen molar-refractivity contribution >= 4 is 5.82 Å². The van der Waals surface area contributed by atoms with Gasteiger partial charge in [-0.3, -0.25) is 0 Å². The van der Waals surface area contributed by atoms with Crippen molar-refractivity contribution in [2.24, 2.45) is 0 Å². The number of hydrogen-bond acceptors (Lipinski definition) is 5. The molecule has 1 atom stereocenters. The number of hydrogen-bond donors (Lipinski definition) is 2. The molecule has 1 aromatic rings. The zero-order chi connectivity index (χ0) is 14.4. The summed E-state index contributed by atoms with van der Waals surface area (Å²) in [7, 11) is 1.70. The Hall–Kier alpha value is -1.17. The molecular weight excluding hydrogens is 254 g/mol. The first kappa shape index (κ1) is 15.2. The number of pyridine rings is 1. The smallest absolute Gasteiger partial charge is 0.133 e. The maximum absolute atomic E-state index is 10.2. The molecule has 1 fully saturated rings. The van der Waals surface area contributed by atoms with E-state index in [4.69, 9.17) is 4.74 Å². The molecule has 0 amide bonds. The lowest BCUT2D eigenvalue weighted by molar-refractivity contribution is 0.0446. The van der Waals surface area contributed by atoms with E-state index in [1.54, 1.807) is 7.11 Å². The molecule has 0 saturated carbocycles. The van der Waals surface area contributed by atoms with E-state index in [1.807, 2.05) is 19.2 Å². The topological polar surface area (TPSA) is 57.6 Å². The van der Waals surface area contributed by atoms with Crippen LogP contribution in [0.3, 0.4) is 0 Å². The number of ether oxygens (including phenoxy) is 1. The average molecular weight is 279 g/mol. The van der Waals surface area contributed by atoms with Crippen molar-refractivity contribution in [3.05, 3.63) is 23.9 Å². The SMILES string of the molecule is COCCNCc1cccnc1N1CCCC(C)(O)C1. The summed E-state index contributed by atoms with van der Waals surface area (Å²) in [5, 5.41) is 13.6. The van der Waals surface area contributed by atoms with Crippen LogP contribution in [-0.4, -0.2) is 49.0 Å². The lowest BCUT2D eigenvalue weighted by atomic mass is 9.95. The van der Waals surface area contributed by atoms with Crippen molar-refractivity contribution in [3.8, 4) is 0 Å². The molecular formula is C15H25N3O2. The van der Waals surface area contributed by atoms with Crippen LogP contribution in [0.4, 0.5) is 5.82 Å². The fourth-order valence-electron chi connectivity index (χ4n) is 2.65. The molecule has 5 heteroatoms. The standard InChI is InChI=1S/C15H25N3O2/c1-15(19)6-4-9-18(12-15)14-13(5-3-7-17-14)11-16-8-10-20-2/h3,5,7,16,19H,4,6,8-12H2,1-2H3. The van der Waals surface area contributed by atoms with E-state index >= 15 is 0 Å². The second kappa shape index (κ2) is 7.02. The number of anilines is 1. The highest BCUT2D eigenvalue weighted by Crippen LogP contribution is 2.26. The van der Waals surface area contributed by atoms with Crippen molar-refractivity contribution in [3.63, 3.8) is 0 Å². The first-order chi connectivity index (χ1) is 9.62. The monoisotopic (exact) mass is 279 g/mol. The van der Waals surface area contributed by atoms with Gasteiger partial charge in [0.2, 0.25) is 0 Å². The molecule has 0 radical (unpaired) electrons. The first-order valence-corrected chi connectivity index (χ1v) is 7.23. The van der Waals surface area contributed by atoms with Crippen LogP contribution in [0.25, 0.3) is 0 Å². The van der Waals surface area contributed by atoms with E-state index in [0.29, 0.717) is 13.2 Å². The minimum Gasteiger partial charge on any atom is -0.388 e. The minimum absolute atomic E-state index is 0.615. The van der Waals surface area contributed by atoms with E-state index in [2.05, 4.69) is 21.3 Å². The number of nitrogens with zero attached hydrogens (tertiary/aromatic N) is 2. The van der Waals surface area contributed by atoms with Crippen LogP contribution in [0.5, 0.6) is 0 Å². The molecule has 0 bridgehead atoms. The van der Waals surface area contributed by atoms with Crippen LogP contribution in [0.1, 0.15) is 25.3 Å². The van der Waals surface area contributed by atoms with Crippen LogP contribution in [-0.2, 0) is 11.3 Å². The summed E-state index contributed by atoms with van der Waals surface area (Å²) in [4.78, 5) is 6.70. The van der Waals surface area contributed by atoms with Gasteiger partial charge < -0.3 is 20.1 Å². The van der Waals surface area contributed by atoms with Gasteiger partial charge in [-0.25, -0.2) is 4.98 Å². The second-order valence-corrected chi connectivity index (χ2v) is 5.68. The number of nitrogens with one attached hydrogen (secondary N) is 1. The summed E-state index contributed by atoms with van der Waals surface area (Å²) in [5.41, 5.74) is 0.553. The number of aromatic nitrogens is 1. The van der Waals surface area contributed by atoms with E-state index < -0.39 is 5.60 Å². The molecule has 2 heterocycles. The van der Waals surface area contributed by atoms with E-state index in [9.17, 15) is 5.11 Å². The number of β-amino-alcohol motifs (C(OH)–C–C–N with tert-alkyl or cyclic N) is 1. The van der Waals surface area contributed by atoms with Crippen molar-refractivity contribution < 1.29 is 9.84 Å². The molecule has 1 aliphatic heterocycles. The maximum Gasteiger partial charge on any atom is 0.133 e. The zero-order valence-corrected chi connectivity index (χ0v) is 12.4. The quantitative estimate of drug-likeness (QED) is 0.766. The van der Waals surface area contributed by atoms with Gasteiger partial charge in [-0.15, -0.1) is 0 Å². The fourth-order valence-corrected chi connectivity index (χ4v) is 2.65. The number of piperidine rings is 1. The third-order valence-corrected chi connectivity index (χ3v) is 3.64. The third kappa shape index (κ3) is 4.16. The molecule has 1 saturated heterocycles. The maximum atomic E-state index is 10.2. The van der Waals surface area contributed by atoms with Gasteiger partial charge >= 0.3 is 0 Å². The van der Waals surface area contributed by atoms with Gasteiger partial charge in [0.25, 0.3) is 0 Å². The van der Waals surface area contributed by atoms with Crippen LogP contribution < -0.4 is 10.2 Å². The van der Waals surface area contributed by atoms with Gasteiger partial charge in [0.15, 0.2) is 0 Å². The highest BCUT2D eigenvalue weighted by Gasteiger charge is 2.29. The molecule has 0 aliphatic carbocycles. The Labute approximate surface area is 121 Å². The van der Waals surface area contributed by atoms with Crippen molar-refractivity contribution in [2.45, 2.75) is 31.9 Å². The summed E-state index contributed by atoms with van der Waals surface area (Å²) < 4.78 is 5.03. The number of aliphatic hydroxyl groups is 1. The lowest BCUT2D eigenvalue weighted by Crippen LogP contribution is -2.46. The third-order valence-electron chi connectivity index (χ3n) is 3.64. The summed E-state index contributed by atoms with van der Waals surface area (Å²) in [6, 6.07) is 4.05. The zero-order valence-electron chi connectivity index (χ0n) is 12.4. The number of methoxy groups -OCH3 is 1. The molecule has 20 heavy (non-hydrogen) atoms. The van der Waals surface area contributed by atoms with Crippen LogP contribution in [0.2, 0.25) is 0 Å². The van der Waals surface area contributed by atoms with Gasteiger partial charge in [-0.2, -0.15) is 0 Å². The fraction of sp³-hybridized carbons (Fsp3) is 0.667. The Balaban J connectivity index is 2.03. The van der Waals surface area contributed by atoms with E-state index in [0.717, 1.165) is 38.3 Å². The minimum atomic E-state index is -0.615. The largest absolute Gasteiger partial charge is 0.388 e. The van der Waals surface area contributed by atoms with Gasteiger partial charge in [0.1, 0.15) is 5.82 Å². The van der Waals surface area contributed by atoms with Crippen LogP contribution in [0.15, 0.2) is 18.3 Å². The Morgan fingerprint density at radius 2 is 2.40 bits per heavy atom. The molecule has 0 spiro atoms. The Kier molecular flexibility index (Phi) is 5.34. The van der Waals surface area contributed by atoms with Crippen molar-refractivity contribution in [1.29, 1.82) is 0 Å². The van der Waals surface area contributed by atoms with Gasteiger partial charge in [-0.1, -0.05) is 6.07 Å². The summed E-state index contributed by atoms with van der Waals surface area (Å²) in [6.45, 7) is 5.80. The Morgan fingerprint density at radius 1 is 1.55 bits per heavy atom. The van der Waals surface area contributed by atoms with E-state index in [-0.39, 0.29) is 0 Å². The predicted molar refractivity (Wildman–Crippen MR) is 79.9 cm³/mol. The van der Waals surface area contributed by atoms with Gasteiger partial charge in [0.05, 0.1) is 12.2 Å². The average Bonchev–Trinajstić information content (AvgIpc) is 2.43. The van der Waals surface area contributed by atoms with Gasteiger partial charge in [0, 0.05) is 45.0 Å². The second-order valence-electron chi connectivity index (χ2n) is 5.68. The molecule has 5 nitrogen and oxygen atoms in total. The molecule has 2 rings (SSSR count). The summed E-state index contributed by atoms with van der Waals surface area (Å²) >= 11 is 0.